The molecule has 0 aliphatic carbocycles. The Kier molecular flexibility index (Phi) is 7.91. The first-order chi connectivity index (χ1) is 20.0. The van der Waals surface area contributed by atoms with Crippen LogP contribution in [0.4, 0.5) is 5.69 Å². The van der Waals surface area contributed by atoms with Crippen LogP contribution in [0.25, 0.3) is 15.9 Å². The van der Waals surface area contributed by atoms with Crippen molar-refractivity contribution >= 4 is 44.9 Å². The number of aryl methyl sites for hydroxylation is 1. The molecule has 9 heteroatoms. The second-order valence-electron chi connectivity index (χ2n) is 10.0. The summed E-state index contributed by atoms with van der Waals surface area (Å²) in [6.45, 7) is 4.57. The number of hydrogen-bond acceptors (Lipinski definition) is 7. The van der Waals surface area contributed by atoms with Crippen LogP contribution < -0.4 is 15.6 Å². The summed E-state index contributed by atoms with van der Waals surface area (Å²) in [7, 11) is 1.57. The molecule has 0 bridgehead atoms. The van der Waals surface area contributed by atoms with E-state index in [0.29, 0.717) is 22.0 Å². The SMILES string of the molecule is COc1ccccc1NC(=O)CSc1nc2sc3c(c2c(=O)n1-c1ccc(C)cc1)CCN(Cc1ccccc1)C3. The van der Waals surface area contributed by atoms with Gasteiger partial charge in [-0.1, -0.05) is 71.9 Å². The van der Waals surface area contributed by atoms with E-state index >= 15 is 0 Å². The van der Waals surface area contributed by atoms with Crippen molar-refractivity contribution in [2.75, 3.05) is 24.7 Å². The minimum absolute atomic E-state index is 0.0829. The Morgan fingerprint density at radius 3 is 2.59 bits per heavy atom. The molecule has 0 saturated heterocycles. The lowest BCUT2D eigenvalue weighted by atomic mass is 10.0. The van der Waals surface area contributed by atoms with Crippen molar-refractivity contribution in [2.24, 2.45) is 0 Å². The van der Waals surface area contributed by atoms with Crippen molar-refractivity contribution in [1.82, 2.24) is 14.5 Å². The van der Waals surface area contributed by atoms with Crippen molar-refractivity contribution in [3.05, 3.63) is 111 Å². The maximum Gasteiger partial charge on any atom is 0.267 e. The van der Waals surface area contributed by atoms with E-state index in [1.165, 1.54) is 22.2 Å². The summed E-state index contributed by atoms with van der Waals surface area (Å²) in [6.07, 6.45) is 0.806. The van der Waals surface area contributed by atoms with E-state index in [4.69, 9.17) is 9.72 Å². The molecule has 6 rings (SSSR count). The number of carbonyl (C=O) groups excluding carboxylic acids is 1. The van der Waals surface area contributed by atoms with Gasteiger partial charge in [-0.15, -0.1) is 11.3 Å². The van der Waals surface area contributed by atoms with E-state index in [0.717, 1.165) is 47.7 Å². The fourth-order valence-electron chi connectivity index (χ4n) is 5.14. The van der Waals surface area contributed by atoms with Crippen molar-refractivity contribution < 1.29 is 9.53 Å². The molecule has 0 atom stereocenters. The highest BCUT2D eigenvalue weighted by Crippen LogP contribution is 2.35. The maximum absolute atomic E-state index is 14.1. The number of fused-ring (bicyclic) bond motifs is 3. The minimum Gasteiger partial charge on any atom is -0.495 e. The lowest BCUT2D eigenvalue weighted by molar-refractivity contribution is -0.113. The number of thioether (sulfide) groups is 1. The molecule has 3 aromatic carbocycles. The average Bonchev–Trinajstić information content (AvgIpc) is 3.35. The second kappa shape index (κ2) is 11.9. The molecule has 0 fully saturated rings. The number of nitrogens with one attached hydrogen (secondary N) is 1. The molecule has 0 unspecified atom stereocenters. The third kappa shape index (κ3) is 5.79. The largest absolute Gasteiger partial charge is 0.495 e. The van der Waals surface area contributed by atoms with Gasteiger partial charge in [-0.25, -0.2) is 4.98 Å². The third-order valence-electron chi connectivity index (χ3n) is 7.18. The average molecular weight is 583 g/mol. The number of carbonyl (C=O) groups is 1. The molecule has 1 N–H and O–H groups in total. The van der Waals surface area contributed by atoms with E-state index < -0.39 is 0 Å². The first-order valence-electron chi connectivity index (χ1n) is 13.5. The zero-order valence-corrected chi connectivity index (χ0v) is 24.6. The Morgan fingerprint density at radius 2 is 1.80 bits per heavy atom. The van der Waals surface area contributed by atoms with Gasteiger partial charge in [-0.2, -0.15) is 0 Å². The van der Waals surface area contributed by atoms with Crippen molar-refractivity contribution in [2.45, 2.75) is 31.6 Å². The van der Waals surface area contributed by atoms with Gasteiger partial charge in [0.1, 0.15) is 10.6 Å². The van der Waals surface area contributed by atoms with Crippen molar-refractivity contribution in [3.8, 4) is 11.4 Å². The summed E-state index contributed by atoms with van der Waals surface area (Å²) in [6, 6.07) is 25.6. The smallest absolute Gasteiger partial charge is 0.267 e. The predicted octanol–water partition coefficient (Wildman–Crippen LogP) is 6.05. The number of anilines is 1. The summed E-state index contributed by atoms with van der Waals surface area (Å²) >= 11 is 2.85. The number of thiophene rings is 1. The highest BCUT2D eigenvalue weighted by atomic mass is 32.2. The maximum atomic E-state index is 14.1. The molecule has 0 radical (unpaired) electrons. The number of para-hydroxylation sites is 2. The van der Waals surface area contributed by atoms with Crippen LogP contribution >= 0.6 is 23.1 Å². The normalized spacial score (nSPS) is 13.2. The number of aromatic nitrogens is 2. The van der Waals surface area contributed by atoms with Crippen LogP contribution in [0.2, 0.25) is 0 Å². The van der Waals surface area contributed by atoms with Gasteiger partial charge in [0.15, 0.2) is 5.16 Å². The number of nitrogens with zero attached hydrogens (tertiary/aromatic N) is 3. The molecule has 1 aliphatic rings. The van der Waals surface area contributed by atoms with Crippen LogP contribution in [0.3, 0.4) is 0 Å². The molecule has 0 saturated carbocycles. The summed E-state index contributed by atoms with van der Waals surface area (Å²) in [5, 5.41) is 4.11. The summed E-state index contributed by atoms with van der Waals surface area (Å²) in [5.74, 6) is 0.483. The quantitative estimate of drug-likeness (QED) is 0.177. The monoisotopic (exact) mass is 582 g/mol. The van der Waals surface area contributed by atoms with Crippen LogP contribution in [0.5, 0.6) is 5.75 Å². The molecule has 208 valence electrons. The van der Waals surface area contributed by atoms with Crippen LogP contribution in [0.1, 0.15) is 21.6 Å². The fraction of sp³-hybridized carbons (Fsp3) is 0.219. The fourth-order valence-corrected chi connectivity index (χ4v) is 7.25. The van der Waals surface area contributed by atoms with Gasteiger partial charge < -0.3 is 10.1 Å². The summed E-state index contributed by atoms with van der Waals surface area (Å²) in [5.41, 5.74) is 4.75. The zero-order valence-electron chi connectivity index (χ0n) is 22.9. The molecule has 1 aliphatic heterocycles. The molecular weight excluding hydrogens is 553 g/mol. The predicted molar refractivity (Wildman–Crippen MR) is 167 cm³/mol. The van der Waals surface area contributed by atoms with Gasteiger partial charge in [0, 0.05) is 24.5 Å². The third-order valence-corrected chi connectivity index (χ3v) is 9.23. The van der Waals surface area contributed by atoms with Gasteiger partial charge in [0.25, 0.3) is 5.56 Å². The standard InChI is InChI=1S/C32H30N4O3S2/c1-21-12-14-23(15-13-21)36-31(38)29-24-16-17-35(18-22-8-4-3-5-9-22)19-27(24)41-30(29)34-32(36)40-20-28(37)33-25-10-6-7-11-26(25)39-2/h3-15H,16-20H2,1-2H3,(H,33,37). The van der Waals surface area contributed by atoms with Crippen molar-refractivity contribution in [3.63, 3.8) is 0 Å². The minimum atomic E-state index is -0.202. The van der Waals surface area contributed by atoms with Crippen molar-refractivity contribution in [1.29, 1.82) is 0 Å². The Hall–Kier alpha value is -3.92. The van der Waals surface area contributed by atoms with Gasteiger partial charge in [-0.3, -0.25) is 19.1 Å². The van der Waals surface area contributed by atoms with Crippen LogP contribution in [0.15, 0.2) is 88.8 Å². The number of benzene rings is 3. The van der Waals surface area contributed by atoms with Gasteiger partial charge in [0.05, 0.1) is 29.6 Å². The number of ether oxygens (including phenoxy) is 1. The molecule has 5 aromatic rings. The second-order valence-corrected chi connectivity index (χ2v) is 12.1. The Morgan fingerprint density at radius 1 is 1.05 bits per heavy atom. The highest BCUT2D eigenvalue weighted by Gasteiger charge is 2.26. The van der Waals surface area contributed by atoms with Crippen LogP contribution in [0, 0.1) is 6.92 Å². The summed E-state index contributed by atoms with van der Waals surface area (Å²) in [4.78, 5) is 36.4. The Balaban J connectivity index is 1.32. The Bertz CT molecular complexity index is 1760. The van der Waals surface area contributed by atoms with E-state index in [2.05, 4.69) is 34.5 Å². The number of methoxy groups -OCH3 is 1. The van der Waals surface area contributed by atoms with Crippen LogP contribution in [-0.4, -0.2) is 39.8 Å². The number of amides is 1. The van der Waals surface area contributed by atoms with E-state index in [-0.39, 0.29) is 17.2 Å². The molecule has 0 spiro atoms. The lowest BCUT2D eigenvalue weighted by Gasteiger charge is -2.26. The molecule has 1 amide bonds. The van der Waals surface area contributed by atoms with Gasteiger partial charge in [0.2, 0.25) is 5.91 Å². The van der Waals surface area contributed by atoms with E-state index in [1.807, 2.05) is 49.4 Å². The van der Waals surface area contributed by atoms with E-state index in [1.54, 1.807) is 35.1 Å². The van der Waals surface area contributed by atoms with Crippen LogP contribution in [-0.2, 0) is 24.3 Å². The first-order valence-corrected chi connectivity index (χ1v) is 15.3. The Labute approximate surface area is 246 Å². The molecular formula is C32H30N4O3S2. The number of rotatable bonds is 8. The lowest BCUT2D eigenvalue weighted by Crippen LogP contribution is -2.30. The topological polar surface area (TPSA) is 76.5 Å². The van der Waals surface area contributed by atoms with Gasteiger partial charge >= 0.3 is 0 Å². The van der Waals surface area contributed by atoms with Gasteiger partial charge in [-0.05, 0) is 48.7 Å². The zero-order chi connectivity index (χ0) is 28.3. The molecule has 3 heterocycles. The molecule has 7 nitrogen and oxygen atoms in total. The number of hydrogen-bond donors (Lipinski definition) is 1. The highest BCUT2D eigenvalue weighted by molar-refractivity contribution is 7.99. The summed E-state index contributed by atoms with van der Waals surface area (Å²) < 4.78 is 7.02. The van der Waals surface area contributed by atoms with E-state index in [9.17, 15) is 9.59 Å². The molecule has 41 heavy (non-hydrogen) atoms. The first kappa shape index (κ1) is 27.3. The molecule has 2 aromatic heterocycles.